The number of carbonyl (C=O) groups is 2. The molecule has 0 saturated heterocycles. The molecule has 0 unspecified atom stereocenters. The first-order chi connectivity index (χ1) is 20.1. The average molecular weight is 553 g/mol. The van der Waals surface area contributed by atoms with E-state index >= 15 is 0 Å². The quantitative estimate of drug-likeness (QED) is 0.273. The first kappa shape index (κ1) is 27.6. The van der Waals surface area contributed by atoms with E-state index in [-0.39, 0.29) is 38.3 Å². The molecule has 1 atom stereocenters. The van der Waals surface area contributed by atoms with Crippen LogP contribution in [-0.4, -0.2) is 43.3 Å². The molecule has 1 aliphatic heterocycles. The Labute approximate surface area is 239 Å². The lowest BCUT2D eigenvalue weighted by molar-refractivity contribution is -0.142. The van der Waals surface area contributed by atoms with Gasteiger partial charge >= 0.3 is 0 Å². The van der Waals surface area contributed by atoms with Crippen molar-refractivity contribution < 1.29 is 28.5 Å². The summed E-state index contributed by atoms with van der Waals surface area (Å²) in [7, 11) is 1.60. The molecular weight excluding hydrogens is 520 g/mol. The number of nitrogens with zero attached hydrogens (tertiary/aromatic N) is 1. The summed E-state index contributed by atoms with van der Waals surface area (Å²) in [6.45, 7) is 0.459. The Hall–Kier alpha value is -4.98. The van der Waals surface area contributed by atoms with Crippen LogP contribution in [0.5, 0.6) is 23.0 Å². The monoisotopic (exact) mass is 552 g/mol. The number of nitrogens with one attached hydrogen (secondary N) is 1. The molecule has 0 aromatic heterocycles. The van der Waals surface area contributed by atoms with Gasteiger partial charge in [0.25, 0.3) is 5.91 Å². The predicted octanol–water partition coefficient (Wildman–Crippen LogP) is 4.76. The highest BCUT2D eigenvalue weighted by molar-refractivity contribution is 5.88. The lowest BCUT2D eigenvalue weighted by Gasteiger charge is -2.31. The summed E-state index contributed by atoms with van der Waals surface area (Å²) >= 11 is 0. The smallest absolute Gasteiger partial charge is 0.261 e. The van der Waals surface area contributed by atoms with Crippen LogP contribution in [0.4, 0.5) is 0 Å². The number of benzene rings is 4. The highest BCUT2D eigenvalue weighted by Crippen LogP contribution is 2.32. The van der Waals surface area contributed by atoms with Gasteiger partial charge in [-0.15, -0.1) is 0 Å². The molecule has 2 amide bonds. The van der Waals surface area contributed by atoms with Crippen molar-refractivity contribution in [3.63, 3.8) is 0 Å². The number of methoxy groups -OCH3 is 1. The van der Waals surface area contributed by atoms with Crippen LogP contribution in [0.15, 0.2) is 103 Å². The predicted molar refractivity (Wildman–Crippen MR) is 154 cm³/mol. The zero-order valence-corrected chi connectivity index (χ0v) is 22.8. The number of fused-ring (bicyclic) bond motifs is 1. The van der Waals surface area contributed by atoms with Gasteiger partial charge in [0.1, 0.15) is 17.5 Å². The molecule has 8 heteroatoms. The van der Waals surface area contributed by atoms with E-state index in [0.717, 1.165) is 16.7 Å². The van der Waals surface area contributed by atoms with Gasteiger partial charge in [-0.05, 0) is 53.1 Å². The van der Waals surface area contributed by atoms with Crippen LogP contribution < -0.4 is 24.3 Å². The Morgan fingerprint density at radius 3 is 2.22 bits per heavy atom. The van der Waals surface area contributed by atoms with Crippen molar-refractivity contribution in [2.24, 2.45) is 0 Å². The largest absolute Gasteiger partial charge is 0.497 e. The molecule has 1 aliphatic rings. The van der Waals surface area contributed by atoms with Crippen molar-refractivity contribution in [3.05, 3.63) is 120 Å². The lowest BCUT2D eigenvalue weighted by atomic mass is 10.0. The van der Waals surface area contributed by atoms with Crippen molar-refractivity contribution in [2.45, 2.75) is 25.6 Å². The fraction of sp³-hybridized carbons (Fsp3) is 0.212. The number of ether oxygens (including phenoxy) is 4. The van der Waals surface area contributed by atoms with E-state index in [1.54, 1.807) is 24.1 Å². The molecule has 210 valence electrons. The topological polar surface area (TPSA) is 86.3 Å². The Balaban J connectivity index is 1.39. The maximum atomic E-state index is 13.8. The van der Waals surface area contributed by atoms with Gasteiger partial charge in [-0.1, -0.05) is 66.7 Å². The lowest BCUT2D eigenvalue weighted by Crippen LogP contribution is -2.51. The fourth-order valence-electron chi connectivity index (χ4n) is 4.58. The third kappa shape index (κ3) is 7.36. The minimum absolute atomic E-state index is 0.178. The highest BCUT2D eigenvalue weighted by Gasteiger charge is 2.31. The molecule has 0 saturated carbocycles. The summed E-state index contributed by atoms with van der Waals surface area (Å²) in [5.74, 6) is 2.04. The van der Waals surface area contributed by atoms with E-state index in [2.05, 4.69) is 5.32 Å². The van der Waals surface area contributed by atoms with Crippen LogP contribution in [0.25, 0.3) is 0 Å². The summed E-state index contributed by atoms with van der Waals surface area (Å²) in [5.41, 5.74) is 2.66. The normalized spacial score (nSPS) is 12.3. The van der Waals surface area contributed by atoms with E-state index in [9.17, 15) is 9.59 Å². The molecule has 8 nitrogen and oxygen atoms in total. The number of hydrogen-bond donors (Lipinski definition) is 1. The average Bonchev–Trinajstić information content (AvgIpc) is 3.50. The second-order valence-corrected chi connectivity index (χ2v) is 9.58. The van der Waals surface area contributed by atoms with E-state index in [0.29, 0.717) is 29.4 Å². The number of rotatable bonds is 12. The molecule has 0 fully saturated rings. The van der Waals surface area contributed by atoms with Crippen LogP contribution in [-0.2, 0) is 29.1 Å². The molecule has 4 aromatic carbocycles. The minimum Gasteiger partial charge on any atom is -0.497 e. The molecule has 0 aliphatic carbocycles. The first-order valence-corrected chi connectivity index (χ1v) is 13.4. The molecular formula is C33H32N2O6. The van der Waals surface area contributed by atoms with Crippen molar-refractivity contribution in [1.29, 1.82) is 0 Å². The standard InChI is InChI=1S/C33H32N2O6/c1-38-27-15-12-25(13-16-27)21-35(32(36)22-39-28-10-6-3-7-11-28)29(18-24-8-4-2-5-9-24)33(37)34-20-26-14-17-30-31(19-26)41-23-40-30/h2-17,19,29H,18,20-23H2,1H3,(H,34,37)/t29-/m0/s1. The summed E-state index contributed by atoms with van der Waals surface area (Å²) in [6.07, 6.45) is 0.334. The van der Waals surface area contributed by atoms with Crippen molar-refractivity contribution in [1.82, 2.24) is 10.2 Å². The van der Waals surface area contributed by atoms with E-state index < -0.39 is 6.04 Å². The third-order valence-corrected chi connectivity index (χ3v) is 6.79. The number of hydrogen-bond acceptors (Lipinski definition) is 6. The molecule has 0 spiro atoms. The Kier molecular flexibility index (Phi) is 9.01. The number of amides is 2. The van der Waals surface area contributed by atoms with Gasteiger partial charge < -0.3 is 29.2 Å². The Morgan fingerprint density at radius 1 is 0.805 bits per heavy atom. The van der Waals surface area contributed by atoms with Crippen LogP contribution in [0.3, 0.4) is 0 Å². The summed E-state index contributed by atoms with van der Waals surface area (Å²) in [6, 6.07) is 31.0. The van der Waals surface area contributed by atoms with Crippen LogP contribution in [0, 0.1) is 0 Å². The van der Waals surface area contributed by atoms with E-state index in [1.807, 2.05) is 91.0 Å². The van der Waals surface area contributed by atoms with Gasteiger partial charge in [0.05, 0.1) is 7.11 Å². The van der Waals surface area contributed by atoms with Crippen LogP contribution >= 0.6 is 0 Å². The Morgan fingerprint density at radius 2 is 1.49 bits per heavy atom. The zero-order valence-electron chi connectivity index (χ0n) is 22.8. The third-order valence-electron chi connectivity index (χ3n) is 6.79. The van der Waals surface area contributed by atoms with E-state index in [4.69, 9.17) is 18.9 Å². The van der Waals surface area contributed by atoms with Gasteiger partial charge in [0.15, 0.2) is 18.1 Å². The van der Waals surface area contributed by atoms with Gasteiger partial charge in [-0.2, -0.15) is 0 Å². The summed E-state index contributed by atoms with van der Waals surface area (Å²) in [4.78, 5) is 29.2. The maximum absolute atomic E-state index is 13.8. The van der Waals surface area contributed by atoms with Crippen LogP contribution in [0.1, 0.15) is 16.7 Å². The molecule has 0 bridgehead atoms. The highest BCUT2D eigenvalue weighted by atomic mass is 16.7. The van der Waals surface area contributed by atoms with Crippen molar-refractivity contribution in [3.8, 4) is 23.0 Å². The van der Waals surface area contributed by atoms with E-state index in [1.165, 1.54) is 0 Å². The second-order valence-electron chi connectivity index (χ2n) is 9.58. The molecule has 1 heterocycles. The molecule has 4 aromatic rings. The zero-order chi connectivity index (χ0) is 28.4. The molecule has 0 radical (unpaired) electrons. The van der Waals surface area contributed by atoms with Gasteiger partial charge in [0.2, 0.25) is 12.7 Å². The summed E-state index contributed by atoms with van der Waals surface area (Å²) in [5, 5.41) is 3.03. The maximum Gasteiger partial charge on any atom is 0.261 e. The molecule has 41 heavy (non-hydrogen) atoms. The van der Waals surface area contributed by atoms with Crippen molar-refractivity contribution in [2.75, 3.05) is 20.5 Å². The summed E-state index contributed by atoms with van der Waals surface area (Å²) < 4.78 is 22.0. The van der Waals surface area contributed by atoms with Gasteiger partial charge in [0, 0.05) is 19.5 Å². The number of carbonyl (C=O) groups excluding carboxylic acids is 2. The number of para-hydroxylation sites is 1. The molecule has 1 N–H and O–H groups in total. The van der Waals surface area contributed by atoms with Gasteiger partial charge in [-0.25, -0.2) is 0 Å². The van der Waals surface area contributed by atoms with Crippen LogP contribution in [0.2, 0.25) is 0 Å². The Bertz CT molecular complexity index is 1440. The fourth-order valence-corrected chi connectivity index (χ4v) is 4.58. The minimum atomic E-state index is -0.791. The van der Waals surface area contributed by atoms with Gasteiger partial charge in [-0.3, -0.25) is 9.59 Å². The first-order valence-electron chi connectivity index (χ1n) is 13.4. The van der Waals surface area contributed by atoms with Crippen molar-refractivity contribution >= 4 is 11.8 Å². The molecule has 5 rings (SSSR count). The second kappa shape index (κ2) is 13.4. The SMILES string of the molecule is COc1ccc(CN(C(=O)COc2ccccc2)[C@@H](Cc2ccccc2)C(=O)NCc2ccc3c(c2)OCO3)cc1.